The summed E-state index contributed by atoms with van der Waals surface area (Å²) in [5, 5.41) is 2.58. The number of hydrogen-bond acceptors (Lipinski definition) is 4. The number of carbonyl (C=O) groups excluding carboxylic acids is 1. The number of benzene rings is 1. The number of imidazole rings is 1. The third-order valence-electron chi connectivity index (χ3n) is 3.93. The molecule has 0 fully saturated rings. The summed E-state index contributed by atoms with van der Waals surface area (Å²) in [6, 6.07) is 15.4. The highest BCUT2D eigenvalue weighted by Crippen LogP contribution is 2.30. The lowest BCUT2D eigenvalue weighted by molar-refractivity contribution is 0.0995. The molecule has 4 aromatic rings. The van der Waals surface area contributed by atoms with E-state index in [9.17, 15) is 4.79 Å². The number of nitrogens with zero attached hydrogens (tertiary/aromatic N) is 4. The first kappa shape index (κ1) is 15.5. The number of rotatable bonds is 3. The second-order valence-corrected chi connectivity index (χ2v) is 6.61. The number of aryl methyl sites for hydroxylation is 2. The highest BCUT2D eigenvalue weighted by Gasteiger charge is 2.24. The largest absolute Gasteiger partial charge is 0.304 e. The molecular weight excluding hydrogens is 332 g/mol. The topological polar surface area (TPSA) is 50.5 Å². The Morgan fingerprint density at radius 3 is 2.52 bits per heavy atom. The van der Waals surface area contributed by atoms with Crippen molar-refractivity contribution in [3.05, 3.63) is 77.2 Å². The van der Waals surface area contributed by atoms with E-state index in [0.717, 1.165) is 22.7 Å². The predicted octanol–water partition coefficient (Wildman–Crippen LogP) is 4.39. The number of para-hydroxylation sites is 1. The van der Waals surface area contributed by atoms with Crippen LogP contribution >= 0.6 is 11.3 Å². The Labute approximate surface area is 149 Å². The molecule has 3 heterocycles. The van der Waals surface area contributed by atoms with Gasteiger partial charge in [-0.25, -0.2) is 9.97 Å². The van der Waals surface area contributed by atoms with Gasteiger partial charge in [-0.3, -0.25) is 9.69 Å². The average Bonchev–Trinajstić information content (AvgIpc) is 3.23. The summed E-state index contributed by atoms with van der Waals surface area (Å²) in [7, 11) is 0. The lowest BCUT2D eigenvalue weighted by Gasteiger charge is -2.18. The van der Waals surface area contributed by atoms with E-state index in [1.54, 1.807) is 11.1 Å². The minimum Gasteiger partial charge on any atom is -0.304 e. The van der Waals surface area contributed by atoms with Gasteiger partial charge in [0.05, 0.1) is 11.4 Å². The fourth-order valence-electron chi connectivity index (χ4n) is 2.70. The van der Waals surface area contributed by atoms with Crippen molar-refractivity contribution in [3.63, 3.8) is 0 Å². The van der Waals surface area contributed by atoms with Crippen molar-refractivity contribution < 1.29 is 4.79 Å². The third kappa shape index (κ3) is 2.81. The van der Waals surface area contributed by atoms with Crippen molar-refractivity contribution in [3.8, 4) is 0 Å². The first-order valence-electron chi connectivity index (χ1n) is 7.90. The molecule has 0 aliphatic carbocycles. The first-order valence-corrected chi connectivity index (χ1v) is 8.78. The Morgan fingerprint density at radius 1 is 1.04 bits per heavy atom. The number of aromatic nitrogens is 3. The summed E-state index contributed by atoms with van der Waals surface area (Å²) in [6.07, 6.45) is 1.78. The van der Waals surface area contributed by atoms with Crippen molar-refractivity contribution in [1.82, 2.24) is 14.4 Å². The van der Waals surface area contributed by atoms with Crippen LogP contribution in [-0.2, 0) is 0 Å². The van der Waals surface area contributed by atoms with Gasteiger partial charge in [-0.05, 0) is 38.1 Å². The highest BCUT2D eigenvalue weighted by molar-refractivity contribution is 7.14. The van der Waals surface area contributed by atoms with Crippen molar-refractivity contribution in [1.29, 1.82) is 0 Å². The van der Waals surface area contributed by atoms with Crippen LogP contribution in [0, 0.1) is 13.8 Å². The maximum atomic E-state index is 13.3. The normalized spacial score (nSPS) is 11.0. The van der Waals surface area contributed by atoms with Crippen molar-refractivity contribution in [2.45, 2.75) is 13.8 Å². The van der Waals surface area contributed by atoms with Crippen molar-refractivity contribution in [2.24, 2.45) is 0 Å². The van der Waals surface area contributed by atoms with Crippen LogP contribution in [-0.4, -0.2) is 20.3 Å². The highest BCUT2D eigenvalue weighted by atomic mass is 32.1. The van der Waals surface area contributed by atoms with Crippen molar-refractivity contribution >= 4 is 33.7 Å². The predicted molar refractivity (Wildman–Crippen MR) is 99.7 cm³/mol. The minimum atomic E-state index is -0.191. The summed E-state index contributed by atoms with van der Waals surface area (Å²) in [5.74, 6) is -0.191. The molecule has 0 radical (unpaired) electrons. The van der Waals surface area contributed by atoms with Crippen LogP contribution in [0.25, 0.3) is 5.65 Å². The van der Waals surface area contributed by atoms with E-state index < -0.39 is 0 Å². The second-order valence-electron chi connectivity index (χ2n) is 5.77. The molecule has 124 valence electrons. The minimum absolute atomic E-state index is 0.191. The number of pyridine rings is 1. The zero-order chi connectivity index (χ0) is 17.4. The molecule has 0 spiro atoms. The van der Waals surface area contributed by atoms with Gasteiger partial charge in [0.15, 0.2) is 5.13 Å². The maximum Gasteiger partial charge on any atom is 0.284 e. The molecule has 0 N–H and O–H groups in total. The SMILES string of the molecule is Cc1csc(N(C(=O)c2cn3c(C)cccc3n2)c2ccccc2)n1. The number of fused-ring (bicyclic) bond motifs is 1. The van der Waals surface area contributed by atoms with Gasteiger partial charge < -0.3 is 4.40 Å². The van der Waals surface area contributed by atoms with Crippen LogP contribution < -0.4 is 4.90 Å². The lowest BCUT2D eigenvalue weighted by atomic mass is 10.3. The molecule has 3 aromatic heterocycles. The number of thiazole rings is 1. The van der Waals surface area contributed by atoms with E-state index in [1.807, 2.05) is 72.2 Å². The molecule has 0 aliphatic rings. The summed E-state index contributed by atoms with van der Waals surface area (Å²) < 4.78 is 1.92. The molecule has 1 amide bonds. The van der Waals surface area contributed by atoms with Gasteiger partial charge in [-0.2, -0.15) is 0 Å². The van der Waals surface area contributed by atoms with E-state index in [4.69, 9.17) is 0 Å². The zero-order valence-corrected chi connectivity index (χ0v) is 14.7. The van der Waals surface area contributed by atoms with Crippen LogP contribution in [0.15, 0.2) is 60.1 Å². The molecule has 0 atom stereocenters. The Bertz CT molecular complexity index is 1050. The molecule has 0 aliphatic heterocycles. The van der Waals surface area contributed by atoms with E-state index >= 15 is 0 Å². The molecule has 25 heavy (non-hydrogen) atoms. The van der Waals surface area contributed by atoms with Crippen molar-refractivity contribution in [2.75, 3.05) is 4.90 Å². The molecule has 6 heteroatoms. The summed E-state index contributed by atoms with van der Waals surface area (Å²) in [4.78, 5) is 23.9. The van der Waals surface area contributed by atoms with Gasteiger partial charge in [0.1, 0.15) is 11.3 Å². The third-order valence-corrected chi connectivity index (χ3v) is 4.87. The van der Waals surface area contributed by atoms with E-state index in [-0.39, 0.29) is 5.91 Å². The molecule has 5 nitrogen and oxygen atoms in total. The molecule has 1 aromatic carbocycles. The van der Waals surface area contributed by atoms with Gasteiger partial charge in [0.2, 0.25) is 0 Å². The zero-order valence-electron chi connectivity index (χ0n) is 13.9. The smallest absolute Gasteiger partial charge is 0.284 e. The van der Waals surface area contributed by atoms with E-state index in [1.165, 1.54) is 11.3 Å². The van der Waals surface area contributed by atoms with Gasteiger partial charge in [0, 0.05) is 17.3 Å². The lowest BCUT2D eigenvalue weighted by Crippen LogP contribution is -2.26. The quantitative estimate of drug-likeness (QED) is 0.552. The Hall–Kier alpha value is -2.99. The van der Waals surface area contributed by atoms with Gasteiger partial charge in [-0.1, -0.05) is 24.3 Å². The van der Waals surface area contributed by atoms with E-state index in [2.05, 4.69) is 9.97 Å². The van der Waals surface area contributed by atoms with Gasteiger partial charge >= 0.3 is 0 Å². The Kier molecular flexibility index (Phi) is 3.82. The van der Waals surface area contributed by atoms with Crippen LogP contribution in [0.1, 0.15) is 21.9 Å². The van der Waals surface area contributed by atoms with E-state index in [0.29, 0.717) is 10.8 Å². The van der Waals surface area contributed by atoms with Crippen LogP contribution in [0.3, 0.4) is 0 Å². The van der Waals surface area contributed by atoms with Gasteiger partial charge in [0.25, 0.3) is 5.91 Å². The second kappa shape index (κ2) is 6.14. The number of anilines is 2. The number of hydrogen-bond donors (Lipinski definition) is 0. The van der Waals surface area contributed by atoms with Crippen LogP contribution in [0.4, 0.5) is 10.8 Å². The molecular formula is C19H16N4OS. The summed E-state index contributed by atoms with van der Waals surface area (Å²) in [6.45, 7) is 3.91. The van der Waals surface area contributed by atoms with Crippen LogP contribution in [0.5, 0.6) is 0 Å². The standard InChI is InChI=1S/C19H16N4OS/c1-13-12-25-19(20-13)23(15-8-4-3-5-9-15)18(24)16-11-22-14(2)7-6-10-17(22)21-16/h3-12H,1-2H3. The van der Waals surface area contributed by atoms with Crippen LogP contribution in [0.2, 0.25) is 0 Å². The maximum absolute atomic E-state index is 13.3. The fraction of sp³-hybridized carbons (Fsp3) is 0.105. The first-order chi connectivity index (χ1) is 12.1. The molecule has 0 saturated carbocycles. The molecule has 0 saturated heterocycles. The Balaban J connectivity index is 1.83. The van der Waals surface area contributed by atoms with Gasteiger partial charge in [-0.15, -0.1) is 11.3 Å². The molecule has 0 unspecified atom stereocenters. The number of carbonyl (C=O) groups is 1. The average molecular weight is 348 g/mol. The molecule has 4 rings (SSSR count). The fourth-order valence-corrected chi connectivity index (χ4v) is 3.52. The summed E-state index contributed by atoms with van der Waals surface area (Å²) >= 11 is 1.44. The molecule has 0 bridgehead atoms. The summed E-state index contributed by atoms with van der Waals surface area (Å²) in [5.41, 5.74) is 3.84. The monoisotopic (exact) mass is 348 g/mol. The number of amides is 1. The Morgan fingerprint density at radius 2 is 1.84 bits per heavy atom.